The summed E-state index contributed by atoms with van der Waals surface area (Å²) in [5, 5.41) is 29.4. The summed E-state index contributed by atoms with van der Waals surface area (Å²) in [5.41, 5.74) is 0.804. The average Bonchev–Trinajstić information content (AvgIpc) is 2.49. The van der Waals surface area contributed by atoms with Crippen LogP contribution in [0, 0.1) is 0 Å². The van der Waals surface area contributed by atoms with Crippen LogP contribution in [0.3, 0.4) is 0 Å². The van der Waals surface area contributed by atoms with E-state index in [0.29, 0.717) is 0 Å². The number of hydrogen-bond donors (Lipinski definition) is 4. The molecule has 0 aliphatic carbocycles. The van der Waals surface area contributed by atoms with Gasteiger partial charge in [-0.1, -0.05) is 30.3 Å². The number of aliphatic hydroxyl groups is 3. The predicted octanol–water partition coefficient (Wildman–Crippen LogP) is -0.804. The van der Waals surface area contributed by atoms with Gasteiger partial charge < -0.3 is 25.4 Å². The van der Waals surface area contributed by atoms with Crippen LogP contribution in [0.2, 0.25) is 0 Å². The second-order valence-electron chi connectivity index (χ2n) is 4.08. The Hall–Kier alpha value is -1.96. The number of carbonyl (C=O) groups is 2. The van der Waals surface area contributed by atoms with Crippen LogP contribution in [0.15, 0.2) is 30.3 Å². The van der Waals surface area contributed by atoms with Gasteiger partial charge in [0.25, 0.3) is 0 Å². The van der Waals surface area contributed by atoms with Gasteiger partial charge in [0.05, 0.1) is 0 Å². The Morgan fingerprint density at radius 2 is 1.85 bits per heavy atom. The van der Waals surface area contributed by atoms with Gasteiger partial charge in [0.1, 0.15) is 25.4 Å². The molecule has 0 saturated heterocycles. The van der Waals surface area contributed by atoms with Crippen molar-refractivity contribution in [3.63, 3.8) is 0 Å². The molecule has 7 nitrogen and oxygen atoms in total. The average molecular weight is 283 g/mol. The molecule has 0 spiro atoms. The third-order valence-electron chi connectivity index (χ3n) is 2.52. The van der Waals surface area contributed by atoms with Crippen LogP contribution in [0.4, 0.5) is 4.79 Å². The first-order valence-corrected chi connectivity index (χ1v) is 5.99. The number of alkyl carbamates (subject to hydrolysis) is 1. The highest BCUT2D eigenvalue weighted by Crippen LogP contribution is 2.00. The van der Waals surface area contributed by atoms with E-state index in [-0.39, 0.29) is 13.2 Å². The lowest BCUT2D eigenvalue weighted by molar-refractivity contribution is -0.135. The zero-order valence-electron chi connectivity index (χ0n) is 10.7. The van der Waals surface area contributed by atoms with Gasteiger partial charge in [0.2, 0.25) is 0 Å². The molecule has 1 aromatic rings. The molecule has 0 bridgehead atoms. The number of ether oxygens (including phenoxy) is 1. The number of hydrogen-bond acceptors (Lipinski definition) is 6. The summed E-state index contributed by atoms with van der Waals surface area (Å²) in [7, 11) is 0. The molecule has 20 heavy (non-hydrogen) atoms. The molecule has 2 atom stereocenters. The van der Waals surface area contributed by atoms with Crippen LogP contribution < -0.4 is 5.32 Å². The summed E-state index contributed by atoms with van der Waals surface area (Å²) in [6, 6.07) is 9.01. The second kappa shape index (κ2) is 8.26. The Balaban J connectivity index is 2.28. The molecule has 0 aliphatic heterocycles. The molecule has 0 aliphatic rings. The molecule has 0 fully saturated rings. The van der Waals surface area contributed by atoms with E-state index in [4.69, 9.17) is 9.84 Å². The van der Waals surface area contributed by atoms with E-state index in [2.05, 4.69) is 5.32 Å². The van der Waals surface area contributed by atoms with E-state index in [1.54, 1.807) is 24.3 Å². The highest BCUT2D eigenvalue weighted by Gasteiger charge is 2.23. The lowest BCUT2D eigenvalue weighted by Gasteiger charge is -2.16. The molecular weight excluding hydrogens is 266 g/mol. The Labute approximate surface area is 115 Å². The van der Waals surface area contributed by atoms with Crippen molar-refractivity contribution in [3.05, 3.63) is 35.9 Å². The van der Waals surface area contributed by atoms with Gasteiger partial charge in [-0.15, -0.1) is 0 Å². The fraction of sp³-hybridized carbons (Fsp3) is 0.385. The molecule has 1 rings (SSSR count). The van der Waals surface area contributed by atoms with Crippen molar-refractivity contribution >= 4 is 11.9 Å². The number of amides is 1. The fourth-order valence-electron chi connectivity index (χ4n) is 1.38. The first-order valence-electron chi connectivity index (χ1n) is 5.99. The SMILES string of the molecule is O=C(NC[C@@H](O)[C@H](O)C(=O)CO)OCc1ccccc1. The molecule has 0 radical (unpaired) electrons. The number of nitrogens with one attached hydrogen (secondary N) is 1. The lowest BCUT2D eigenvalue weighted by atomic mass is 10.1. The third-order valence-corrected chi connectivity index (χ3v) is 2.52. The highest BCUT2D eigenvalue weighted by molar-refractivity contribution is 5.84. The van der Waals surface area contributed by atoms with Crippen molar-refractivity contribution in [2.45, 2.75) is 18.8 Å². The first kappa shape index (κ1) is 16.1. The number of carbonyl (C=O) groups excluding carboxylic acids is 2. The van der Waals surface area contributed by atoms with Gasteiger partial charge in [0.15, 0.2) is 5.78 Å². The van der Waals surface area contributed by atoms with Crippen LogP contribution in [0.1, 0.15) is 5.56 Å². The van der Waals surface area contributed by atoms with Gasteiger partial charge in [-0.25, -0.2) is 4.79 Å². The van der Waals surface area contributed by atoms with Crippen LogP contribution in [0.25, 0.3) is 0 Å². The lowest BCUT2D eigenvalue weighted by Crippen LogP contribution is -2.43. The van der Waals surface area contributed by atoms with E-state index in [1.165, 1.54) is 0 Å². The topological polar surface area (TPSA) is 116 Å². The van der Waals surface area contributed by atoms with Crippen molar-refractivity contribution in [1.82, 2.24) is 5.32 Å². The zero-order valence-corrected chi connectivity index (χ0v) is 10.7. The molecule has 7 heteroatoms. The summed E-state index contributed by atoms with van der Waals surface area (Å²) in [6.07, 6.45) is -4.02. The Bertz CT molecular complexity index is 436. The maximum Gasteiger partial charge on any atom is 0.407 e. The number of Topliss-reactive ketones (excluding diaryl/α,β-unsaturated/α-hetero) is 1. The summed E-state index contributed by atoms with van der Waals surface area (Å²) < 4.78 is 4.87. The summed E-state index contributed by atoms with van der Waals surface area (Å²) in [4.78, 5) is 22.2. The van der Waals surface area contributed by atoms with Gasteiger partial charge >= 0.3 is 6.09 Å². The van der Waals surface area contributed by atoms with E-state index >= 15 is 0 Å². The highest BCUT2D eigenvalue weighted by atomic mass is 16.5. The number of benzene rings is 1. The van der Waals surface area contributed by atoms with Crippen molar-refractivity contribution < 1.29 is 29.6 Å². The van der Waals surface area contributed by atoms with Crippen molar-refractivity contribution in [2.24, 2.45) is 0 Å². The van der Waals surface area contributed by atoms with Crippen LogP contribution in [-0.4, -0.2) is 52.6 Å². The van der Waals surface area contributed by atoms with Crippen molar-refractivity contribution in [2.75, 3.05) is 13.2 Å². The van der Waals surface area contributed by atoms with E-state index < -0.39 is 30.7 Å². The van der Waals surface area contributed by atoms with Gasteiger partial charge in [-0.2, -0.15) is 0 Å². The molecule has 0 unspecified atom stereocenters. The number of ketones is 1. The summed E-state index contributed by atoms with van der Waals surface area (Å²) in [5.74, 6) is -0.919. The monoisotopic (exact) mass is 283 g/mol. The number of rotatable bonds is 7. The van der Waals surface area contributed by atoms with Gasteiger partial charge in [0, 0.05) is 6.54 Å². The third kappa shape index (κ3) is 5.35. The Kier molecular flexibility index (Phi) is 6.65. The normalized spacial score (nSPS) is 13.3. The van der Waals surface area contributed by atoms with Crippen LogP contribution in [-0.2, 0) is 16.1 Å². The minimum Gasteiger partial charge on any atom is -0.445 e. The minimum absolute atomic E-state index is 0.0703. The maximum absolute atomic E-state index is 11.3. The van der Waals surface area contributed by atoms with Crippen LogP contribution >= 0.6 is 0 Å². The molecular formula is C13H17NO6. The molecule has 1 aromatic carbocycles. The molecule has 0 heterocycles. The fourth-order valence-corrected chi connectivity index (χ4v) is 1.38. The van der Waals surface area contributed by atoms with E-state index in [1.807, 2.05) is 6.07 Å². The minimum atomic E-state index is -1.74. The number of aliphatic hydroxyl groups excluding tert-OH is 3. The standard InChI is InChI=1S/C13H17NO6/c15-7-11(17)12(18)10(16)6-14-13(19)20-8-9-4-2-1-3-5-9/h1-5,10,12,15-16,18H,6-8H2,(H,14,19)/t10-,12+/m1/s1. The Morgan fingerprint density at radius 3 is 2.45 bits per heavy atom. The summed E-state index contributed by atoms with van der Waals surface area (Å²) >= 11 is 0. The molecule has 0 aromatic heterocycles. The van der Waals surface area contributed by atoms with Gasteiger partial charge in [-0.05, 0) is 5.56 Å². The predicted molar refractivity (Wildman–Crippen MR) is 68.7 cm³/mol. The van der Waals surface area contributed by atoms with E-state index in [0.717, 1.165) is 5.56 Å². The summed E-state index contributed by atoms with van der Waals surface area (Å²) in [6.45, 7) is -1.17. The largest absolute Gasteiger partial charge is 0.445 e. The van der Waals surface area contributed by atoms with Crippen molar-refractivity contribution in [3.8, 4) is 0 Å². The molecule has 4 N–H and O–H groups in total. The van der Waals surface area contributed by atoms with Crippen LogP contribution in [0.5, 0.6) is 0 Å². The quantitative estimate of drug-likeness (QED) is 0.520. The van der Waals surface area contributed by atoms with E-state index in [9.17, 15) is 19.8 Å². The molecule has 1 amide bonds. The smallest absolute Gasteiger partial charge is 0.407 e. The maximum atomic E-state index is 11.3. The Morgan fingerprint density at radius 1 is 1.20 bits per heavy atom. The van der Waals surface area contributed by atoms with Gasteiger partial charge in [-0.3, -0.25) is 4.79 Å². The second-order valence-corrected chi connectivity index (χ2v) is 4.08. The van der Waals surface area contributed by atoms with Crippen molar-refractivity contribution in [1.29, 1.82) is 0 Å². The molecule has 110 valence electrons. The first-order chi connectivity index (χ1) is 9.54. The zero-order chi connectivity index (χ0) is 15.0. The molecule has 0 saturated carbocycles.